The summed E-state index contributed by atoms with van der Waals surface area (Å²) in [5.74, 6) is 1.01. The molecule has 0 bridgehead atoms. The smallest absolute Gasteiger partial charge is 0.156 e. The molecule has 0 aromatic heterocycles. The summed E-state index contributed by atoms with van der Waals surface area (Å²) in [4.78, 5) is 11.1. The Morgan fingerprint density at radius 2 is 1.89 bits per heavy atom. The number of benzene rings is 1. The standard InChI is InChI=1S/C14H18Cl2O2/c1-4-10(6-5-9(2)17)11-7-12(15)14(18-3)13(16)8-11/h7-8,10H,4-6H2,1-3H3. The van der Waals surface area contributed by atoms with Crippen LogP contribution in [0, 0.1) is 0 Å². The van der Waals surface area contributed by atoms with Crippen molar-refractivity contribution in [3.05, 3.63) is 27.7 Å². The van der Waals surface area contributed by atoms with Gasteiger partial charge in [0.15, 0.2) is 5.75 Å². The van der Waals surface area contributed by atoms with Crippen molar-refractivity contribution in [2.75, 3.05) is 7.11 Å². The molecule has 0 saturated heterocycles. The van der Waals surface area contributed by atoms with E-state index < -0.39 is 0 Å². The number of hydrogen-bond donors (Lipinski definition) is 0. The lowest BCUT2D eigenvalue weighted by Crippen LogP contribution is -2.01. The van der Waals surface area contributed by atoms with Crippen LogP contribution in [0.5, 0.6) is 5.75 Å². The first-order valence-corrected chi connectivity index (χ1v) is 6.77. The van der Waals surface area contributed by atoms with Gasteiger partial charge in [-0.3, -0.25) is 0 Å². The molecular formula is C14H18Cl2O2. The van der Waals surface area contributed by atoms with Crippen molar-refractivity contribution < 1.29 is 9.53 Å². The highest BCUT2D eigenvalue weighted by molar-refractivity contribution is 6.37. The molecule has 4 heteroatoms. The van der Waals surface area contributed by atoms with Gasteiger partial charge in [0.1, 0.15) is 5.78 Å². The Labute approximate surface area is 118 Å². The SMILES string of the molecule is CCC(CCC(C)=O)c1cc(Cl)c(OC)c(Cl)c1. The van der Waals surface area contributed by atoms with Crippen LogP contribution in [0.1, 0.15) is 44.6 Å². The van der Waals surface area contributed by atoms with E-state index in [1.165, 1.54) is 0 Å². The van der Waals surface area contributed by atoms with E-state index in [0.29, 0.717) is 28.1 Å². The Hall–Kier alpha value is -0.730. The molecule has 1 aromatic rings. The molecule has 0 spiro atoms. The molecule has 0 fully saturated rings. The average Bonchev–Trinajstić information content (AvgIpc) is 2.29. The van der Waals surface area contributed by atoms with E-state index in [0.717, 1.165) is 18.4 Å². The third-order valence-electron chi connectivity index (χ3n) is 3.03. The fraction of sp³-hybridized carbons (Fsp3) is 0.500. The Bertz CT molecular complexity index is 407. The molecule has 1 atom stereocenters. The highest BCUT2D eigenvalue weighted by Gasteiger charge is 2.15. The van der Waals surface area contributed by atoms with E-state index in [2.05, 4.69) is 6.92 Å². The van der Waals surface area contributed by atoms with Crippen LogP contribution in [0.15, 0.2) is 12.1 Å². The quantitative estimate of drug-likeness (QED) is 0.747. The van der Waals surface area contributed by atoms with Gasteiger partial charge in [-0.15, -0.1) is 0 Å². The molecule has 100 valence electrons. The van der Waals surface area contributed by atoms with Gasteiger partial charge in [-0.25, -0.2) is 0 Å². The third kappa shape index (κ3) is 3.89. The Morgan fingerprint density at radius 3 is 2.28 bits per heavy atom. The molecule has 0 heterocycles. The van der Waals surface area contributed by atoms with E-state index in [9.17, 15) is 4.79 Å². The summed E-state index contributed by atoms with van der Waals surface area (Å²) in [5.41, 5.74) is 1.06. The van der Waals surface area contributed by atoms with Crippen molar-refractivity contribution in [3.8, 4) is 5.75 Å². The minimum Gasteiger partial charge on any atom is -0.494 e. The van der Waals surface area contributed by atoms with Crippen LogP contribution < -0.4 is 4.74 Å². The van der Waals surface area contributed by atoms with E-state index in [1.54, 1.807) is 14.0 Å². The topological polar surface area (TPSA) is 26.3 Å². The number of carbonyl (C=O) groups is 1. The maximum absolute atomic E-state index is 11.1. The first-order chi connectivity index (χ1) is 8.49. The van der Waals surface area contributed by atoms with Gasteiger partial charge in [-0.05, 0) is 43.4 Å². The maximum atomic E-state index is 11.1. The predicted molar refractivity (Wildman–Crippen MR) is 76.0 cm³/mol. The zero-order valence-corrected chi connectivity index (χ0v) is 12.4. The summed E-state index contributed by atoms with van der Waals surface area (Å²) in [7, 11) is 1.54. The van der Waals surface area contributed by atoms with Crippen molar-refractivity contribution >= 4 is 29.0 Å². The van der Waals surface area contributed by atoms with Gasteiger partial charge in [-0.2, -0.15) is 0 Å². The molecule has 0 aliphatic heterocycles. The van der Waals surface area contributed by atoms with Crippen molar-refractivity contribution in [1.82, 2.24) is 0 Å². The van der Waals surface area contributed by atoms with Crippen molar-refractivity contribution in [2.24, 2.45) is 0 Å². The molecule has 1 rings (SSSR count). The van der Waals surface area contributed by atoms with E-state index in [-0.39, 0.29) is 5.78 Å². The number of hydrogen-bond acceptors (Lipinski definition) is 2. The second-order valence-electron chi connectivity index (χ2n) is 4.36. The molecule has 0 saturated carbocycles. The number of rotatable bonds is 6. The number of Topliss-reactive ketones (excluding diaryl/α,β-unsaturated/α-hetero) is 1. The number of ether oxygens (including phenoxy) is 1. The first kappa shape index (κ1) is 15.3. The van der Waals surface area contributed by atoms with E-state index >= 15 is 0 Å². The van der Waals surface area contributed by atoms with Crippen LogP contribution in [0.2, 0.25) is 10.0 Å². The van der Waals surface area contributed by atoms with Gasteiger partial charge in [0.2, 0.25) is 0 Å². The monoisotopic (exact) mass is 288 g/mol. The lowest BCUT2D eigenvalue weighted by atomic mass is 9.91. The molecule has 1 unspecified atom stereocenters. The highest BCUT2D eigenvalue weighted by atomic mass is 35.5. The molecule has 0 amide bonds. The molecule has 0 aliphatic rings. The summed E-state index contributed by atoms with van der Waals surface area (Å²) in [6.07, 6.45) is 2.36. The molecule has 0 N–H and O–H groups in total. The summed E-state index contributed by atoms with van der Waals surface area (Å²) >= 11 is 12.2. The number of ketones is 1. The van der Waals surface area contributed by atoms with Crippen LogP contribution in [0.4, 0.5) is 0 Å². The van der Waals surface area contributed by atoms with Crippen LogP contribution in [0.3, 0.4) is 0 Å². The van der Waals surface area contributed by atoms with Gasteiger partial charge in [0, 0.05) is 6.42 Å². The van der Waals surface area contributed by atoms with Crippen molar-refractivity contribution in [2.45, 2.75) is 39.0 Å². The van der Waals surface area contributed by atoms with Crippen LogP contribution >= 0.6 is 23.2 Å². The fourth-order valence-electron chi connectivity index (χ4n) is 1.99. The number of halogens is 2. The summed E-state index contributed by atoms with van der Waals surface area (Å²) in [5, 5.41) is 1.03. The second kappa shape index (κ2) is 7.01. The normalized spacial score (nSPS) is 12.3. The van der Waals surface area contributed by atoms with Gasteiger partial charge in [-0.1, -0.05) is 30.1 Å². The van der Waals surface area contributed by atoms with Crippen molar-refractivity contribution in [1.29, 1.82) is 0 Å². The minimum atomic E-state index is 0.208. The van der Waals surface area contributed by atoms with Crippen LogP contribution in [-0.4, -0.2) is 12.9 Å². The van der Waals surface area contributed by atoms with Gasteiger partial charge in [0.05, 0.1) is 17.2 Å². The molecular weight excluding hydrogens is 271 g/mol. The number of methoxy groups -OCH3 is 1. The molecule has 18 heavy (non-hydrogen) atoms. The summed E-state index contributed by atoms with van der Waals surface area (Å²) < 4.78 is 5.12. The van der Waals surface area contributed by atoms with Crippen molar-refractivity contribution in [3.63, 3.8) is 0 Å². The zero-order chi connectivity index (χ0) is 13.7. The van der Waals surface area contributed by atoms with Gasteiger partial charge < -0.3 is 9.53 Å². The minimum absolute atomic E-state index is 0.208. The van der Waals surface area contributed by atoms with E-state index in [4.69, 9.17) is 27.9 Å². The molecule has 1 aromatic carbocycles. The summed E-state index contributed by atoms with van der Waals surface area (Å²) in [6.45, 7) is 3.71. The maximum Gasteiger partial charge on any atom is 0.156 e. The number of carbonyl (C=O) groups excluding carboxylic acids is 1. The van der Waals surface area contributed by atoms with Gasteiger partial charge >= 0.3 is 0 Å². The zero-order valence-electron chi connectivity index (χ0n) is 10.9. The molecule has 2 nitrogen and oxygen atoms in total. The predicted octanol–water partition coefficient (Wildman–Crippen LogP) is 4.86. The lowest BCUT2D eigenvalue weighted by molar-refractivity contribution is -0.117. The second-order valence-corrected chi connectivity index (χ2v) is 5.18. The Morgan fingerprint density at radius 1 is 1.33 bits per heavy atom. The Kier molecular flexibility index (Phi) is 5.97. The largest absolute Gasteiger partial charge is 0.494 e. The third-order valence-corrected chi connectivity index (χ3v) is 3.60. The van der Waals surface area contributed by atoms with Crippen LogP contribution in [-0.2, 0) is 4.79 Å². The van der Waals surface area contributed by atoms with E-state index in [1.807, 2.05) is 12.1 Å². The first-order valence-electron chi connectivity index (χ1n) is 6.01. The van der Waals surface area contributed by atoms with Crippen LogP contribution in [0.25, 0.3) is 0 Å². The summed E-state index contributed by atoms with van der Waals surface area (Å²) in [6, 6.07) is 3.75. The molecule has 0 aliphatic carbocycles. The Balaban J connectivity index is 2.96. The highest BCUT2D eigenvalue weighted by Crippen LogP contribution is 2.37. The lowest BCUT2D eigenvalue weighted by Gasteiger charge is -2.17. The molecule has 0 radical (unpaired) electrons. The fourth-order valence-corrected chi connectivity index (χ4v) is 2.65. The van der Waals surface area contributed by atoms with Gasteiger partial charge in [0.25, 0.3) is 0 Å². The average molecular weight is 289 g/mol.